The van der Waals surface area contributed by atoms with Crippen molar-refractivity contribution in [1.29, 1.82) is 0 Å². The number of carbonyl (C=O) groups excluding carboxylic acids is 2. The van der Waals surface area contributed by atoms with E-state index in [-0.39, 0.29) is 6.61 Å². The number of hydrogen-bond donors (Lipinski definition) is 2. The van der Waals surface area contributed by atoms with Crippen molar-refractivity contribution in [3.63, 3.8) is 0 Å². The molecule has 200 valence electrons. The normalized spacial score (nSPS) is 10.8. The molecule has 0 saturated carbocycles. The van der Waals surface area contributed by atoms with Crippen molar-refractivity contribution in [3.8, 4) is 0 Å². The van der Waals surface area contributed by atoms with Crippen LogP contribution in [0.25, 0.3) is 0 Å². The molecule has 0 radical (unpaired) electrons. The largest absolute Gasteiger partial charge is 0.445 e. The number of carbonyl (C=O) groups is 2. The van der Waals surface area contributed by atoms with Gasteiger partial charge in [-0.1, -0.05) is 121 Å². The summed E-state index contributed by atoms with van der Waals surface area (Å²) >= 11 is 0. The molecule has 0 aliphatic rings. The third-order valence-electron chi connectivity index (χ3n) is 6.45. The van der Waals surface area contributed by atoms with Crippen molar-refractivity contribution in [2.24, 2.45) is 5.73 Å². The molecule has 0 fully saturated rings. The van der Waals surface area contributed by atoms with Crippen LogP contribution in [0.3, 0.4) is 0 Å². The number of rotatable bonds is 23. The number of nitrogens with two attached hydrogens (primary N) is 1. The Bertz CT molecular complexity index is 654. The van der Waals surface area contributed by atoms with Gasteiger partial charge in [0.25, 0.3) is 0 Å². The maximum atomic E-state index is 11.7. The second-order valence-corrected chi connectivity index (χ2v) is 9.52. The van der Waals surface area contributed by atoms with Crippen molar-refractivity contribution in [2.45, 2.75) is 116 Å². The highest BCUT2D eigenvalue weighted by Gasteiger charge is 2.12. The summed E-state index contributed by atoms with van der Waals surface area (Å²) in [5.74, 6) is 0. The van der Waals surface area contributed by atoms with Crippen LogP contribution in [0.15, 0.2) is 24.3 Å². The Morgan fingerprint density at radius 3 is 1.89 bits per heavy atom. The van der Waals surface area contributed by atoms with Gasteiger partial charge in [-0.05, 0) is 12.5 Å². The fourth-order valence-corrected chi connectivity index (χ4v) is 4.34. The van der Waals surface area contributed by atoms with Gasteiger partial charge in [0.05, 0.1) is 0 Å². The maximum Gasteiger partial charge on any atom is 0.407 e. The summed E-state index contributed by atoms with van der Waals surface area (Å²) in [5, 5.41) is 2.58. The standard InChI is InChI=1S/C29H51N3O3/c1-2-3-4-5-6-7-8-9-10-11-12-13-14-15-16-19-24-32(26-33)28-21-18-17-20-27(28)25-35-29(34)31-23-22-30/h17-18,20-21,26H,2-16,19,22-25,30H2,1H3,(H,31,34). The monoisotopic (exact) mass is 489 g/mol. The Balaban J connectivity index is 2.10. The summed E-state index contributed by atoms with van der Waals surface area (Å²) in [6, 6.07) is 7.57. The van der Waals surface area contributed by atoms with E-state index in [1.54, 1.807) is 4.90 Å². The van der Waals surface area contributed by atoms with Crippen LogP contribution in [-0.2, 0) is 16.1 Å². The molecule has 0 spiro atoms. The van der Waals surface area contributed by atoms with Gasteiger partial charge < -0.3 is 20.7 Å². The molecule has 6 nitrogen and oxygen atoms in total. The smallest absolute Gasteiger partial charge is 0.407 e. The first-order valence-electron chi connectivity index (χ1n) is 14.1. The van der Waals surface area contributed by atoms with E-state index in [1.807, 2.05) is 24.3 Å². The maximum absolute atomic E-state index is 11.7. The second kappa shape index (κ2) is 22.4. The van der Waals surface area contributed by atoms with E-state index in [0.29, 0.717) is 19.6 Å². The molecular weight excluding hydrogens is 438 g/mol. The summed E-state index contributed by atoms with van der Waals surface area (Å²) in [6.07, 6.45) is 21.6. The fourth-order valence-electron chi connectivity index (χ4n) is 4.34. The highest BCUT2D eigenvalue weighted by Crippen LogP contribution is 2.21. The van der Waals surface area contributed by atoms with Crippen LogP contribution >= 0.6 is 0 Å². The molecule has 0 saturated heterocycles. The number of amides is 2. The van der Waals surface area contributed by atoms with E-state index in [4.69, 9.17) is 10.5 Å². The molecule has 1 aromatic rings. The Labute approximate surface area is 214 Å². The van der Waals surface area contributed by atoms with Gasteiger partial charge in [-0.2, -0.15) is 0 Å². The van der Waals surface area contributed by atoms with Crippen molar-refractivity contribution < 1.29 is 14.3 Å². The Hall–Kier alpha value is -2.08. The van der Waals surface area contributed by atoms with Crippen molar-refractivity contribution in [1.82, 2.24) is 5.32 Å². The number of para-hydroxylation sites is 1. The summed E-state index contributed by atoms with van der Waals surface area (Å²) in [5.41, 5.74) is 7.00. The van der Waals surface area contributed by atoms with Gasteiger partial charge in [-0.15, -0.1) is 0 Å². The average molecular weight is 490 g/mol. The van der Waals surface area contributed by atoms with Gasteiger partial charge >= 0.3 is 6.09 Å². The van der Waals surface area contributed by atoms with Gasteiger partial charge in [0.2, 0.25) is 6.41 Å². The van der Waals surface area contributed by atoms with E-state index in [2.05, 4.69) is 12.2 Å². The predicted molar refractivity (Wildman–Crippen MR) is 147 cm³/mol. The third kappa shape index (κ3) is 16.3. The van der Waals surface area contributed by atoms with Crippen LogP contribution in [-0.4, -0.2) is 32.1 Å². The molecule has 1 aromatic carbocycles. The van der Waals surface area contributed by atoms with Crippen molar-refractivity contribution in [2.75, 3.05) is 24.5 Å². The first-order valence-corrected chi connectivity index (χ1v) is 14.1. The molecular formula is C29H51N3O3. The zero-order valence-corrected chi connectivity index (χ0v) is 22.3. The van der Waals surface area contributed by atoms with Crippen molar-refractivity contribution in [3.05, 3.63) is 29.8 Å². The SMILES string of the molecule is CCCCCCCCCCCCCCCCCCN(C=O)c1ccccc1COC(=O)NCCN. The quantitative estimate of drug-likeness (QED) is 0.127. The lowest BCUT2D eigenvalue weighted by Gasteiger charge is -2.21. The number of ether oxygens (including phenoxy) is 1. The first-order chi connectivity index (χ1) is 17.2. The number of alkyl carbamates (subject to hydrolysis) is 1. The average Bonchev–Trinajstić information content (AvgIpc) is 2.88. The minimum absolute atomic E-state index is 0.121. The number of nitrogens with zero attached hydrogens (tertiary/aromatic N) is 1. The second-order valence-electron chi connectivity index (χ2n) is 9.52. The molecule has 0 bridgehead atoms. The van der Waals surface area contributed by atoms with Gasteiger partial charge in [0.1, 0.15) is 6.61 Å². The van der Waals surface area contributed by atoms with Crippen LogP contribution < -0.4 is 16.0 Å². The summed E-state index contributed by atoms with van der Waals surface area (Å²) in [6.45, 7) is 3.81. The fraction of sp³-hybridized carbons (Fsp3) is 0.724. The zero-order valence-electron chi connectivity index (χ0n) is 22.3. The highest BCUT2D eigenvalue weighted by molar-refractivity contribution is 5.77. The molecule has 1 rings (SSSR count). The molecule has 0 unspecified atom stereocenters. The van der Waals surface area contributed by atoms with Crippen LogP contribution in [0.5, 0.6) is 0 Å². The lowest BCUT2D eigenvalue weighted by atomic mass is 10.0. The Morgan fingerprint density at radius 1 is 0.857 bits per heavy atom. The number of anilines is 1. The lowest BCUT2D eigenvalue weighted by molar-refractivity contribution is -0.107. The van der Waals surface area contributed by atoms with Crippen LogP contribution in [0, 0.1) is 0 Å². The van der Waals surface area contributed by atoms with Gasteiger partial charge in [0, 0.05) is 30.9 Å². The first kappa shape index (κ1) is 31.0. The minimum atomic E-state index is -0.499. The van der Waals surface area contributed by atoms with Crippen LogP contribution in [0.1, 0.15) is 115 Å². The Kier molecular flexibility index (Phi) is 19.8. The minimum Gasteiger partial charge on any atom is -0.445 e. The third-order valence-corrected chi connectivity index (χ3v) is 6.45. The number of unbranched alkanes of at least 4 members (excludes halogenated alkanes) is 15. The van der Waals surface area contributed by atoms with E-state index < -0.39 is 6.09 Å². The zero-order chi connectivity index (χ0) is 25.4. The summed E-state index contributed by atoms with van der Waals surface area (Å²) in [4.78, 5) is 25.1. The van der Waals surface area contributed by atoms with E-state index in [9.17, 15) is 9.59 Å². The van der Waals surface area contributed by atoms with E-state index in [0.717, 1.165) is 30.5 Å². The van der Waals surface area contributed by atoms with Crippen molar-refractivity contribution >= 4 is 18.2 Å². The number of hydrogen-bond acceptors (Lipinski definition) is 4. The van der Waals surface area contributed by atoms with Crippen LogP contribution in [0.4, 0.5) is 10.5 Å². The van der Waals surface area contributed by atoms with E-state index in [1.165, 1.54) is 89.9 Å². The molecule has 0 aliphatic carbocycles. The molecule has 0 aromatic heterocycles. The molecule has 2 amide bonds. The number of nitrogens with one attached hydrogen (secondary N) is 1. The van der Waals surface area contributed by atoms with Crippen LogP contribution in [0.2, 0.25) is 0 Å². The topological polar surface area (TPSA) is 84.7 Å². The molecule has 0 aliphatic heterocycles. The molecule has 6 heteroatoms. The molecule has 35 heavy (non-hydrogen) atoms. The summed E-state index contributed by atoms with van der Waals surface area (Å²) in [7, 11) is 0. The van der Waals surface area contributed by atoms with Gasteiger partial charge in [-0.25, -0.2) is 4.79 Å². The van der Waals surface area contributed by atoms with E-state index >= 15 is 0 Å². The molecule has 0 atom stereocenters. The number of benzene rings is 1. The lowest BCUT2D eigenvalue weighted by Crippen LogP contribution is -2.29. The molecule has 3 N–H and O–H groups in total. The predicted octanol–water partition coefficient (Wildman–Crippen LogP) is 7.10. The van der Waals surface area contributed by atoms with Gasteiger partial charge in [0.15, 0.2) is 0 Å². The Morgan fingerprint density at radius 2 is 1.37 bits per heavy atom. The highest BCUT2D eigenvalue weighted by atomic mass is 16.5. The summed E-state index contributed by atoms with van der Waals surface area (Å²) < 4.78 is 5.25. The van der Waals surface area contributed by atoms with Gasteiger partial charge in [-0.3, -0.25) is 4.79 Å². The molecule has 0 heterocycles.